The quantitative estimate of drug-likeness (QED) is 0.870. The van der Waals surface area contributed by atoms with Crippen LogP contribution in [0.5, 0.6) is 0 Å². The van der Waals surface area contributed by atoms with Gasteiger partial charge in [0.1, 0.15) is 11.4 Å². The third-order valence-corrected chi connectivity index (χ3v) is 5.95. The molecule has 1 aliphatic rings. The molecule has 2 aromatic rings. The van der Waals surface area contributed by atoms with Crippen LogP contribution in [0.3, 0.4) is 0 Å². The third-order valence-electron chi connectivity index (χ3n) is 4.17. The molecule has 136 valence electrons. The molecule has 7 heteroatoms. The molecular formula is C19H20N2O4S. The van der Waals surface area contributed by atoms with Crippen molar-refractivity contribution in [1.82, 2.24) is 9.62 Å². The number of hydrogen-bond donors (Lipinski definition) is 1. The number of fused-ring (bicyclic) bond motifs is 1. The normalized spacial score (nSPS) is 15.6. The molecule has 1 aliphatic heterocycles. The lowest BCUT2D eigenvalue weighted by atomic mass is 9.95. The number of amides is 2. The van der Waals surface area contributed by atoms with E-state index in [0.717, 1.165) is 5.56 Å². The van der Waals surface area contributed by atoms with Crippen LogP contribution in [0.1, 0.15) is 29.8 Å². The number of nitrogens with zero attached hydrogens (tertiary/aromatic N) is 1. The summed E-state index contributed by atoms with van der Waals surface area (Å²) in [4.78, 5) is 24.7. The summed E-state index contributed by atoms with van der Waals surface area (Å²) < 4.78 is 25.7. The lowest BCUT2D eigenvalue weighted by Gasteiger charge is -2.27. The number of carbonyl (C=O) groups excluding carboxylic acids is 2. The predicted molar refractivity (Wildman–Crippen MR) is 97.0 cm³/mol. The van der Waals surface area contributed by atoms with E-state index in [4.69, 9.17) is 0 Å². The van der Waals surface area contributed by atoms with Crippen LogP contribution >= 0.6 is 0 Å². The number of nitrogens with one attached hydrogen (secondary N) is 1. The van der Waals surface area contributed by atoms with E-state index in [1.807, 2.05) is 44.2 Å². The van der Waals surface area contributed by atoms with Gasteiger partial charge in [0.05, 0.1) is 5.56 Å². The van der Waals surface area contributed by atoms with Gasteiger partial charge in [0.25, 0.3) is 15.9 Å². The van der Waals surface area contributed by atoms with E-state index in [0.29, 0.717) is 10.7 Å². The zero-order chi connectivity index (χ0) is 18.9. The number of sulfonamides is 1. The molecule has 0 radical (unpaired) electrons. The van der Waals surface area contributed by atoms with Crippen LogP contribution in [-0.2, 0) is 21.2 Å². The maximum Gasteiger partial charge on any atom is 0.269 e. The topological polar surface area (TPSA) is 83.6 Å². The van der Waals surface area contributed by atoms with Gasteiger partial charge in [0, 0.05) is 5.54 Å². The average Bonchev–Trinajstić information content (AvgIpc) is 2.76. The second kappa shape index (κ2) is 6.57. The second-order valence-corrected chi connectivity index (χ2v) is 8.74. The predicted octanol–water partition coefficient (Wildman–Crippen LogP) is 1.97. The van der Waals surface area contributed by atoms with Crippen molar-refractivity contribution in [1.29, 1.82) is 0 Å². The summed E-state index contributed by atoms with van der Waals surface area (Å²) in [6.07, 6.45) is 0.584. The Kier molecular flexibility index (Phi) is 4.58. The van der Waals surface area contributed by atoms with Crippen LogP contribution < -0.4 is 5.32 Å². The van der Waals surface area contributed by atoms with Gasteiger partial charge in [-0.3, -0.25) is 9.59 Å². The first-order chi connectivity index (χ1) is 12.2. The fourth-order valence-electron chi connectivity index (χ4n) is 3.09. The van der Waals surface area contributed by atoms with Gasteiger partial charge in [-0.1, -0.05) is 42.5 Å². The maximum atomic E-state index is 12.5. The molecule has 0 saturated heterocycles. The Morgan fingerprint density at radius 1 is 1.04 bits per heavy atom. The minimum absolute atomic E-state index is 0.0543. The van der Waals surface area contributed by atoms with E-state index in [-0.39, 0.29) is 10.5 Å². The van der Waals surface area contributed by atoms with Gasteiger partial charge in [-0.25, -0.2) is 12.7 Å². The first kappa shape index (κ1) is 18.1. The molecule has 6 nitrogen and oxygen atoms in total. The van der Waals surface area contributed by atoms with Crippen molar-refractivity contribution in [3.05, 3.63) is 65.7 Å². The van der Waals surface area contributed by atoms with Crippen molar-refractivity contribution in [2.24, 2.45) is 0 Å². The molecule has 0 bridgehead atoms. The summed E-state index contributed by atoms with van der Waals surface area (Å²) in [6.45, 7) is 3.17. The van der Waals surface area contributed by atoms with E-state index in [1.165, 1.54) is 12.1 Å². The van der Waals surface area contributed by atoms with Crippen molar-refractivity contribution in [2.75, 3.05) is 6.54 Å². The Bertz CT molecular complexity index is 953. The summed E-state index contributed by atoms with van der Waals surface area (Å²) in [7, 11) is -3.98. The first-order valence-corrected chi connectivity index (χ1v) is 9.66. The molecule has 0 atom stereocenters. The monoisotopic (exact) mass is 372 g/mol. The van der Waals surface area contributed by atoms with Crippen LogP contribution in [0.2, 0.25) is 0 Å². The van der Waals surface area contributed by atoms with Crippen molar-refractivity contribution < 1.29 is 18.0 Å². The van der Waals surface area contributed by atoms with Gasteiger partial charge in [-0.15, -0.1) is 0 Å². The van der Waals surface area contributed by atoms with Crippen LogP contribution in [0.25, 0.3) is 0 Å². The summed E-state index contributed by atoms with van der Waals surface area (Å²) in [5.41, 5.74) is 0.566. The summed E-state index contributed by atoms with van der Waals surface area (Å²) in [6, 6.07) is 15.6. The molecule has 2 aromatic carbocycles. The molecule has 1 N–H and O–H groups in total. The highest BCUT2D eigenvalue weighted by atomic mass is 32.2. The third kappa shape index (κ3) is 3.48. The SMILES string of the molecule is CC(C)(Cc1ccccc1)NC(=O)CN1C(=O)c2ccccc2S1(=O)=O. The van der Waals surface area contributed by atoms with Crippen LogP contribution in [0, 0.1) is 0 Å². The lowest BCUT2D eigenvalue weighted by Crippen LogP contribution is -2.49. The van der Waals surface area contributed by atoms with Crippen LogP contribution in [0.4, 0.5) is 0 Å². The Morgan fingerprint density at radius 3 is 2.31 bits per heavy atom. The minimum Gasteiger partial charge on any atom is -0.349 e. The van der Waals surface area contributed by atoms with E-state index in [9.17, 15) is 18.0 Å². The molecule has 0 aromatic heterocycles. The zero-order valence-corrected chi connectivity index (χ0v) is 15.4. The highest BCUT2D eigenvalue weighted by Gasteiger charge is 2.42. The minimum atomic E-state index is -3.98. The van der Waals surface area contributed by atoms with Crippen molar-refractivity contribution in [2.45, 2.75) is 30.7 Å². The number of hydrogen-bond acceptors (Lipinski definition) is 4. The van der Waals surface area contributed by atoms with Crippen molar-refractivity contribution in [3.8, 4) is 0 Å². The molecule has 3 rings (SSSR count). The smallest absolute Gasteiger partial charge is 0.269 e. The van der Waals surface area contributed by atoms with Gasteiger partial charge >= 0.3 is 0 Å². The van der Waals surface area contributed by atoms with E-state index < -0.39 is 33.9 Å². The molecule has 0 aliphatic carbocycles. The average molecular weight is 372 g/mol. The van der Waals surface area contributed by atoms with Crippen LogP contribution in [0.15, 0.2) is 59.5 Å². The fourth-order valence-corrected chi connectivity index (χ4v) is 4.61. The van der Waals surface area contributed by atoms with E-state index in [2.05, 4.69) is 5.32 Å². The molecular weight excluding hydrogens is 352 g/mol. The largest absolute Gasteiger partial charge is 0.349 e. The highest BCUT2D eigenvalue weighted by molar-refractivity contribution is 7.90. The van der Waals surface area contributed by atoms with Gasteiger partial charge in [0.2, 0.25) is 5.91 Å². The van der Waals surface area contributed by atoms with Crippen molar-refractivity contribution in [3.63, 3.8) is 0 Å². The first-order valence-electron chi connectivity index (χ1n) is 8.22. The van der Waals surface area contributed by atoms with Gasteiger partial charge in [0.15, 0.2) is 0 Å². The van der Waals surface area contributed by atoms with E-state index >= 15 is 0 Å². The Morgan fingerprint density at radius 2 is 1.65 bits per heavy atom. The summed E-state index contributed by atoms with van der Waals surface area (Å²) in [5.74, 6) is -1.19. The fraction of sp³-hybridized carbons (Fsp3) is 0.263. The van der Waals surface area contributed by atoms with Crippen molar-refractivity contribution >= 4 is 21.8 Å². The molecule has 0 saturated carbocycles. The van der Waals surface area contributed by atoms with Gasteiger partial charge < -0.3 is 5.32 Å². The lowest BCUT2D eigenvalue weighted by molar-refractivity contribution is -0.122. The molecule has 2 amide bonds. The van der Waals surface area contributed by atoms with Gasteiger partial charge in [-0.05, 0) is 38.0 Å². The Labute approximate surface area is 152 Å². The summed E-state index contributed by atoms with van der Waals surface area (Å²) in [5, 5.41) is 2.82. The maximum absolute atomic E-state index is 12.5. The molecule has 0 unspecified atom stereocenters. The van der Waals surface area contributed by atoms with E-state index in [1.54, 1.807) is 12.1 Å². The summed E-state index contributed by atoms with van der Waals surface area (Å²) >= 11 is 0. The standard InChI is InChI=1S/C19H20N2O4S/c1-19(2,12-14-8-4-3-5-9-14)20-17(22)13-21-18(23)15-10-6-7-11-16(15)26(21,24)25/h3-11H,12-13H2,1-2H3,(H,20,22). The zero-order valence-electron chi connectivity index (χ0n) is 14.6. The second-order valence-electron chi connectivity index (χ2n) is 6.91. The Balaban J connectivity index is 1.72. The highest BCUT2D eigenvalue weighted by Crippen LogP contribution is 2.29. The number of carbonyl (C=O) groups is 2. The number of rotatable bonds is 5. The molecule has 0 spiro atoms. The number of benzene rings is 2. The van der Waals surface area contributed by atoms with Crippen LogP contribution in [-0.4, -0.2) is 36.6 Å². The van der Waals surface area contributed by atoms with Gasteiger partial charge in [-0.2, -0.15) is 0 Å². The Hall–Kier alpha value is -2.67. The molecule has 26 heavy (non-hydrogen) atoms. The molecule has 0 fully saturated rings. The molecule has 1 heterocycles.